The van der Waals surface area contributed by atoms with E-state index in [-0.39, 0.29) is 24.4 Å². The highest BCUT2D eigenvalue weighted by Crippen LogP contribution is 2.10. The van der Waals surface area contributed by atoms with Crippen LogP contribution in [0.3, 0.4) is 0 Å². The van der Waals surface area contributed by atoms with Crippen molar-refractivity contribution in [1.82, 2.24) is 25.4 Å². The third-order valence-corrected chi connectivity index (χ3v) is 3.38. The van der Waals surface area contributed by atoms with Crippen molar-refractivity contribution in [1.29, 1.82) is 0 Å². The second-order valence-corrected chi connectivity index (χ2v) is 5.13. The van der Waals surface area contributed by atoms with Crippen LogP contribution >= 0.6 is 0 Å². The number of rotatable bonds is 6. The van der Waals surface area contributed by atoms with Crippen LogP contribution in [0.15, 0.2) is 0 Å². The van der Waals surface area contributed by atoms with Crippen molar-refractivity contribution in [2.75, 3.05) is 25.4 Å². The van der Waals surface area contributed by atoms with Gasteiger partial charge in [-0.1, -0.05) is 0 Å². The quantitative estimate of drug-likeness (QED) is 0.548. The van der Waals surface area contributed by atoms with Gasteiger partial charge < -0.3 is 21.1 Å². The Morgan fingerprint density at radius 1 is 1.55 bits per heavy atom. The molecule has 9 heteroatoms. The molecule has 1 amide bonds. The molecule has 0 radical (unpaired) electrons. The lowest BCUT2D eigenvalue weighted by atomic mass is 10.2. The molecule has 0 spiro atoms. The molecule has 1 atom stereocenters. The molecule has 1 fully saturated rings. The molecule has 22 heavy (non-hydrogen) atoms. The summed E-state index contributed by atoms with van der Waals surface area (Å²) in [6, 6.07) is -0.191. The van der Waals surface area contributed by atoms with Crippen molar-refractivity contribution < 1.29 is 14.7 Å². The first-order chi connectivity index (χ1) is 10.6. The molecule has 1 aliphatic heterocycles. The first kappa shape index (κ1) is 17.9. The maximum atomic E-state index is 11.8. The molecule has 5 N–H and O–H groups in total. The van der Waals surface area contributed by atoms with Crippen LogP contribution in [0.1, 0.15) is 44.5 Å². The van der Waals surface area contributed by atoms with Crippen LogP contribution in [0.25, 0.3) is 0 Å². The number of hydrogen-bond donors (Lipinski definition) is 4. The molecule has 1 aliphatic rings. The Morgan fingerprint density at radius 3 is 2.73 bits per heavy atom. The van der Waals surface area contributed by atoms with E-state index in [1.54, 1.807) is 0 Å². The molecule has 0 saturated carbocycles. The molecule has 2 rings (SSSR count). The van der Waals surface area contributed by atoms with E-state index in [9.17, 15) is 4.79 Å². The maximum absolute atomic E-state index is 11.8. The normalized spacial score (nSPS) is 15.7. The van der Waals surface area contributed by atoms with Crippen molar-refractivity contribution in [2.24, 2.45) is 0 Å². The molecule has 2 heterocycles. The van der Waals surface area contributed by atoms with Crippen LogP contribution in [0.2, 0.25) is 0 Å². The van der Waals surface area contributed by atoms with Crippen LogP contribution < -0.4 is 11.1 Å². The molecular formula is C13H24N6O3. The van der Waals surface area contributed by atoms with Crippen LogP contribution in [-0.2, 0) is 9.59 Å². The molecular weight excluding hydrogens is 288 g/mol. The topological polar surface area (TPSA) is 137 Å². The van der Waals surface area contributed by atoms with Crippen molar-refractivity contribution in [3.63, 3.8) is 0 Å². The number of likely N-dealkylation sites (tertiary alicyclic amines) is 1. The lowest BCUT2D eigenvalue weighted by molar-refractivity contribution is -0.123. The van der Waals surface area contributed by atoms with Crippen molar-refractivity contribution in [3.05, 3.63) is 5.82 Å². The summed E-state index contributed by atoms with van der Waals surface area (Å²) in [5, 5.41) is 16.2. The molecule has 1 saturated heterocycles. The molecule has 1 aromatic rings. The zero-order valence-corrected chi connectivity index (χ0v) is 12.8. The van der Waals surface area contributed by atoms with E-state index < -0.39 is 0 Å². The third kappa shape index (κ3) is 6.53. The Morgan fingerprint density at radius 2 is 2.18 bits per heavy atom. The predicted molar refractivity (Wildman–Crippen MR) is 81.0 cm³/mol. The summed E-state index contributed by atoms with van der Waals surface area (Å²) in [6.45, 7) is 4.97. The number of aromatic nitrogens is 3. The highest BCUT2D eigenvalue weighted by Gasteiger charge is 2.14. The van der Waals surface area contributed by atoms with E-state index in [2.05, 4.69) is 25.4 Å². The number of hydrogen-bond acceptors (Lipinski definition) is 6. The van der Waals surface area contributed by atoms with Gasteiger partial charge in [0.05, 0.1) is 6.04 Å². The third-order valence-electron chi connectivity index (χ3n) is 3.38. The number of aromatic amines is 1. The van der Waals surface area contributed by atoms with Crippen molar-refractivity contribution in [2.45, 2.75) is 38.6 Å². The Balaban J connectivity index is 0.000000745. The van der Waals surface area contributed by atoms with Gasteiger partial charge >= 0.3 is 0 Å². The van der Waals surface area contributed by atoms with Gasteiger partial charge in [0.15, 0.2) is 0 Å². The van der Waals surface area contributed by atoms with E-state index in [4.69, 9.17) is 15.6 Å². The largest absolute Gasteiger partial charge is 0.483 e. The van der Waals surface area contributed by atoms with E-state index >= 15 is 0 Å². The molecule has 124 valence electrons. The fraction of sp³-hybridized carbons (Fsp3) is 0.692. The Hall–Kier alpha value is -2.16. The minimum Gasteiger partial charge on any atom is -0.483 e. The monoisotopic (exact) mass is 312 g/mol. The first-order valence-electron chi connectivity index (χ1n) is 7.34. The Labute approximate surface area is 129 Å². The summed E-state index contributed by atoms with van der Waals surface area (Å²) in [6.07, 6.45) is 4.02. The highest BCUT2D eigenvalue weighted by atomic mass is 16.3. The minimum absolute atomic E-state index is 0.0432. The Kier molecular flexibility index (Phi) is 7.90. The van der Waals surface area contributed by atoms with E-state index in [0.717, 1.165) is 13.0 Å². The summed E-state index contributed by atoms with van der Waals surface area (Å²) < 4.78 is 0. The zero-order valence-electron chi connectivity index (χ0n) is 12.8. The van der Waals surface area contributed by atoms with Crippen LogP contribution in [0.5, 0.6) is 0 Å². The molecule has 0 aliphatic carbocycles. The first-order valence-corrected chi connectivity index (χ1v) is 7.34. The standard InChI is InChI=1S/C12H22N6O.CH2O2/c1-9(11-15-12(13)17-16-11)14-10(19)5-4-8-18-6-2-3-7-18;2-1-3/h9H,2-8H2,1H3,(H,14,19)(H3,13,15,16,17);1H,(H,2,3). The highest BCUT2D eigenvalue weighted by molar-refractivity contribution is 5.76. The zero-order chi connectivity index (χ0) is 16.4. The number of nitrogens with two attached hydrogens (primary N) is 1. The number of amides is 1. The van der Waals surface area contributed by atoms with E-state index in [1.807, 2.05) is 6.92 Å². The van der Waals surface area contributed by atoms with Gasteiger partial charge in [0.1, 0.15) is 5.82 Å². The van der Waals surface area contributed by atoms with Gasteiger partial charge in [-0.15, -0.1) is 5.10 Å². The molecule has 0 aromatic carbocycles. The van der Waals surface area contributed by atoms with Gasteiger partial charge in [0.25, 0.3) is 6.47 Å². The lowest BCUT2D eigenvalue weighted by Gasteiger charge is -2.15. The molecule has 9 nitrogen and oxygen atoms in total. The van der Waals surface area contributed by atoms with Gasteiger partial charge in [-0.2, -0.15) is 4.98 Å². The number of carboxylic acid groups (broad SMARTS) is 1. The van der Waals surface area contributed by atoms with Gasteiger partial charge in [-0.25, -0.2) is 0 Å². The summed E-state index contributed by atoms with van der Waals surface area (Å²) in [4.78, 5) is 26.6. The molecule has 1 unspecified atom stereocenters. The average molecular weight is 312 g/mol. The van der Waals surface area contributed by atoms with Crippen molar-refractivity contribution in [3.8, 4) is 0 Å². The number of nitrogens with one attached hydrogen (secondary N) is 2. The number of carbonyl (C=O) groups excluding carboxylic acids is 1. The molecule has 0 bridgehead atoms. The van der Waals surface area contributed by atoms with Gasteiger partial charge in [-0.3, -0.25) is 14.7 Å². The number of nitrogens with zero attached hydrogens (tertiary/aromatic N) is 3. The van der Waals surface area contributed by atoms with Crippen LogP contribution in [0, 0.1) is 0 Å². The average Bonchev–Trinajstić information content (AvgIpc) is 3.11. The fourth-order valence-electron chi connectivity index (χ4n) is 2.33. The molecule has 1 aromatic heterocycles. The van der Waals surface area contributed by atoms with E-state index in [1.165, 1.54) is 25.9 Å². The van der Waals surface area contributed by atoms with Gasteiger partial charge in [0.2, 0.25) is 11.9 Å². The second-order valence-electron chi connectivity index (χ2n) is 5.13. The fourth-order valence-corrected chi connectivity index (χ4v) is 2.33. The van der Waals surface area contributed by atoms with Gasteiger partial charge in [-0.05, 0) is 45.8 Å². The lowest BCUT2D eigenvalue weighted by Crippen LogP contribution is -2.28. The summed E-state index contributed by atoms with van der Waals surface area (Å²) >= 11 is 0. The number of anilines is 1. The second kappa shape index (κ2) is 9.72. The SMILES string of the molecule is CC(NC(=O)CCCN1CCCC1)c1nc(N)n[nH]1.O=CO. The van der Waals surface area contributed by atoms with Crippen LogP contribution in [0.4, 0.5) is 5.95 Å². The maximum Gasteiger partial charge on any atom is 0.290 e. The minimum atomic E-state index is -0.250. The number of nitrogen functional groups attached to an aromatic ring is 1. The number of H-pyrrole nitrogens is 1. The van der Waals surface area contributed by atoms with Gasteiger partial charge in [0, 0.05) is 6.42 Å². The smallest absolute Gasteiger partial charge is 0.290 e. The van der Waals surface area contributed by atoms with E-state index in [0.29, 0.717) is 12.2 Å². The summed E-state index contributed by atoms with van der Waals surface area (Å²) in [5.41, 5.74) is 5.43. The Bertz CT molecular complexity index is 458. The summed E-state index contributed by atoms with van der Waals surface area (Å²) in [5.74, 6) is 0.831. The van der Waals surface area contributed by atoms with Crippen LogP contribution in [-0.4, -0.2) is 57.2 Å². The summed E-state index contributed by atoms with van der Waals surface area (Å²) in [7, 11) is 0. The number of carbonyl (C=O) groups is 2. The predicted octanol–water partition coefficient (Wildman–Crippen LogP) is 0.141. The van der Waals surface area contributed by atoms with Crippen molar-refractivity contribution >= 4 is 18.3 Å².